The van der Waals surface area contributed by atoms with Gasteiger partial charge in [-0.25, -0.2) is 0 Å². The molecule has 2 aromatic carbocycles. The number of likely N-dealkylation sites (tertiary alicyclic amines) is 1. The Morgan fingerprint density at radius 1 is 1.12 bits per heavy atom. The van der Waals surface area contributed by atoms with Crippen LogP contribution >= 0.6 is 15.9 Å². The van der Waals surface area contributed by atoms with E-state index >= 15 is 0 Å². The fourth-order valence-corrected chi connectivity index (χ4v) is 4.74. The number of carbonyl (C=O) groups is 2. The minimum absolute atomic E-state index is 0.0464. The lowest BCUT2D eigenvalue weighted by Gasteiger charge is -2.29. The number of aliphatic hydroxyl groups is 1. The molecule has 180 valence electrons. The van der Waals surface area contributed by atoms with Crippen LogP contribution in [0.5, 0.6) is 11.5 Å². The Kier molecular flexibility index (Phi) is 7.55. The number of hydrogen-bond donors (Lipinski definition) is 2. The molecule has 0 aromatic heterocycles. The van der Waals surface area contributed by atoms with Gasteiger partial charge < -0.3 is 24.6 Å². The van der Waals surface area contributed by atoms with Crippen LogP contribution in [-0.2, 0) is 14.3 Å². The Morgan fingerprint density at radius 3 is 2.50 bits per heavy atom. The first kappa shape index (κ1) is 24.3. The summed E-state index contributed by atoms with van der Waals surface area (Å²) >= 11 is 3.33. The first-order valence-electron chi connectivity index (χ1n) is 11.1. The van der Waals surface area contributed by atoms with E-state index in [1.807, 2.05) is 0 Å². The molecule has 9 heteroatoms. The second-order valence-electron chi connectivity index (χ2n) is 8.23. The van der Waals surface area contributed by atoms with E-state index in [1.54, 1.807) is 37.4 Å². The molecule has 2 heterocycles. The van der Waals surface area contributed by atoms with E-state index in [4.69, 9.17) is 9.47 Å². The van der Waals surface area contributed by atoms with Crippen LogP contribution in [0.15, 0.2) is 52.5 Å². The van der Waals surface area contributed by atoms with Gasteiger partial charge in [0.15, 0.2) is 0 Å². The summed E-state index contributed by atoms with van der Waals surface area (Å²) in [5.74, 6) is -1.40. The molecule has 8 nitrogen and oxygen atoms in total. The smallest absolute Gasteiger partial charge is 0.295 e. The summed E-state index contributed by atoms with van der Waals surface area (Å²) in [6.45, 7) is 4.17. The molecule has 4 rings (SSSR count). The van der Waals surface area contributed by atoms with E-state index in [9.17, 15) is 19.8 Å². The monoisotopic (exact) mass is 530 g/mol. The number of amides is 1. The number of morpholine rings is 1. The third-order valence-electron chi connectivity index (χ3n) is 6.16. The summed E-state index contributed by atoms with van der Waals surface area (Å²) < 4.78 is 11.2. The lowest BCUT2D eigenvalue weighted by atomic mass is 9.95. The van der Waals surface area contributed by atoms with Gasteiger partial charge in [0, 0.05) is 30.7 Å². The molecule has 0 bridgehead atoms. The minimum atomic E-state index is -0.783. The maximum atomic E-state index is 13.1. The van der Waals surface area contributed by atoms with E-state index in [1.165, 1.54) is 17.0 Å². The molecule has 0 unspecified atom stereocenters. The molecule has 2 aromatic rings. The maximum Gasteiger partial charge on any atom is 0.295 e. The van der Waals surface area contributed by atoms with Crippen molar-refractivity contribution in [2.75, 3.05) is 46.5 Å². The summed E-state index contributed by atoms with van der Waals surface area (Å²) in [6, 6.07) is 10.8. The van der Waals surface area contributed by atoms with Crippen LogP contribution in [0.25, 0.3) is 5.76 Å². The van der Waals surface area contributed by atoms with Crippen molar-refractivity contribution >= 4 is 33.4 Å². The molecule has 2 aliphatic heterocycles. The van der Waals surface area contributed by atoms with Gasteiger partial charge in [0.05, 0.1) is 37.5 Å². The number of carbonyl (C=O) groups excluding carboxylic acids is 2. The first-order chi connectivity index (χ1) is 16.4. The quantitative estimate of drug-likeness (QED) is 0.321. The van der Waals surface area contributed by atoms with Gasteiger partial charge in [-0.3, -0.25) is 14.5 Å². The molecule has 0 aliphatic carbocycles. The van der Waals surface area contributed by atoms with Crippen molar-refractivity contribution in [1.82, 2.24) is 9.80 Å². The van der Waals surface area contributed by atoms with E-state index in [0.717, 1.165) is 19.6 Å². The van der Waals surface area contributed by atoms with Gasteiger partial charge in [-0.1, -0.05) is 28.1 Å². The molecule has 2 saturated heterocycles. The molecule has 1 amide bonds. The van der Waals surface area contributed by atoms with Crippen molar-refractivity contribution in [2.24, 2.45) is 0 Å². The highest BCUT2D eigenvalue weighted by Crippen LogP contribution is 2.41. The minimum Gasteiger partial charge on any atom is -0.507 e. The average molecular weight is 531 g/mol. The number of nitrogens with zero attached hydrogens (tertiary/aromatic N) is 2. The molecule has 34 heavy (non-hydrogen) atoms. The largest absolute Gasteiger partial charge is 0.507 e. The van der Waals surface area contributed by atoms with Crippen molar-refractivity contribution in [3.63, 3.8) is 0 Å². The SMILES string of the molecule is COc1ccc([C@H]2C(=C(O)c3cc(Br)ccc3O)C(=O)C(=O)N2CCCN2CCOCC2)cc1. The fourth-order valence-electron chi connectivity index (χ4n) is 4.38. The molecular formula is C25H27BrN2O6. The van der Waals surface area contributed by atoms with Gasteiger partial charge >= 0.3 is 0 Å². The van der Waals surface area contributed by atoms with Gasteiger partial charge in [0.1, 0.15) is 17.3 Å². The Labute approximate surface area is 206 Å². The van der Waals surface area contributed by atoms with Crippen LogP contribution in [-0.4, -0.2) is 78.2 Å². The highest BCUT2D eigenvalue weighted by atomic mass is 79.9. The number of methoxy groups -OCH3 is 1. The summed E-state index contributed by atoms with van der Waals surface area (Å²) in [4.78, 5) is 30.0. The third-order valence-corrected chi connectivity index (χ3v) is 6.66. The number of benzene rings is 2. The zero-order chi connectivity index (χ0) is 24.2. The van der Waals surface area contributed by atoms with Crippen molar-refractivity contribution in [2.45, 2.75) is 12.5 Å². The summed E-state index contributed by atoms with van der Waals surface area (Å²) in [6.07, 6.45) is 0.669. The van der Waals surface area contributed by atoms with Crippen LogP contribution in [0.1, 0.15) is 23.6 Å². The lowest BCUT2D eigenvalue weighted by Crippen LogP contribution is -2.38. The number of aliphatic hydroxyl groups excluding tert-OH is 1. The summed E-state index contributed by atoms with van der Waals surface area (Å²) in [5.41, 5.74) is 0.705. The fraction of sp³-hybridized carbons (Fsp3) is 0.360. The molecule has 0 radical (unpaired) electrons. The molecule has 2 N–H and O–H groups in total. The number of ether oxygens (including phenoxy) is 2. The van der Waals surface area contributed by atoms with Crippen molar-refractivity contribution < 1.29 is 29.3 Å². The average Bonchev–Trinajstić information content (AvgIpc) is 3.11. The predicted molar refractivity (Wildman–Crippen MR) is 130 cm³/mol. The van der Waals surface area contributed by atoms with Gasteiger partial charge in [0.2, 0.25) is 0 Å². The first-order valence-corrected chi connectivity index (χ1v) is 11.9. The Morgan fingerprint density at radius 2 is 1.82 bits per heavy atom. The second-order valence-corrected chi connectivity index (χ2v) is 9.15. The van der Waals surface area contributed by atoms with E-state index < -0.39 is 23.5 Å². The number of phenols is 1. The van der Waals surface area contributed by atoms with Gasteiger partial charge in [-0.05, 0) is 42.3 Å². The Bertz CT molecular complexity index is 1100. The van der Waals surface area contributed by atoms with Crippen molar-refractivity contribution in [3.8, 4) is 11.5 Å². The summed E-state index contributed by atoms with van der Waals surface area (Å²) in [7, 11) is 1.56. The van der Waals surface area contributed by atoms with Crippen LogP contribution in [0.4, 0.5) is 0 Å². The molecule has 2 fully saturated rings. The van der Waals surface area contributed by atoms with Gasteiger partial charge in [-0.2, -0.15) is 0 Å². The number of Topliss-reactive ketones (excluding diaryl/α,β-unsaturated/α-hetero) is 1. The maximum absolute atomic E-state index is 13.1. The number of halogens is 1. The number of hydrogen-bond acceptors (Lipinski definition) is 7. The number of aromatic hydroxyl groups is 1. The van der Waals surface area contributed by atoms with Crippen LogP contribution in [0.2, 0.25) is 0 Å². The van der Waals surface area contributed by atoms with Crippen molar-refractivity contribution in [1.29, 1.82) is 0 Å². The third kappa shape index (κ3) is 4.96. The van der Waals surface area contributed by atoms with Gasteiger partial charge in [0.25, 0.3) is 11.7 Å². The number of rotatable bonds is 7. The zero-order valence-corrected chi connectivity index (χ0v) is 20.5. The van der Waals surface area contributed by atoms with E-state index in [2.05, 4.69) is 20.8 Å². The Balaban J connectivity index is 1.70. The zero-order valence-electron chi connectivity index (χ0n) is 18.9. The van der Waals surface area contributed by atoms with Crippen LogP contribution in [0, 0.1) is 0 Å². The number of phenolic OH excluding ortho intramolecular Hbond substituents is 1. The molecule has 0 saturated carbocycles. The highest BCUT2D eigenvalue weighted by Gasteiger charge is 2.46. The van der Waals surface area contributed by atoms with Crippen LogP contribution in [0.3, 0.4) is 0 Å². The highest BCUT2D eigenvalue weighted by molar-refractivity contribution is 9.10. The topological polar surface area (TPSA) is 99.5 Å². The number of ketones is 1. The standard InChI is InChI=1S/C25H27BrN2O6/c1-33-18-6-3-16(4-7-18)22-21(23(30)19-15-17(26)5-8-20(19)29)24(31)25(32)28(22)10-2-9-27-11-13-34-14-12-27/h3-8,15,22,29-30H,2,9-14H2,1H3/t22-/m0/s1. The Hall–Kier alpha value is -2.88. The molecule has 2 aliphatic rings. The normalized spacial score (nSPS) is 20.6. The molecule has 0 spiro atoms. The lowest BCUT2D eigenvalue weighted by molar-refractivity contribution is -0.140. The van der Waals surface area contributed by atoms with Crippen LogP contribution < -0.4 is 4.74 Å². The van der Waals surface area contributed by atoms with E-state index in [0.29, 0.717) is 42.0 Å². The second kappa shape index (κ2) is 10.6. The van der Waals surface area contributed by atoms with Crippen molar-refractivity contribution in [3.05, 3.63) is 63.6 Å². The van der Waals surface area contributed by atoms with Gasteiger partial charge in [-0.15, -0.1) is 0 Å². The predicted octanol–water partition coefficient (Wildman–Crippen LogP) is 3.31. The molecular weight excluding hydrogens is 504 g/mol. The molecule has 1 atom stereocenters. The summed E-state index contributed by atoms with van der Waals surface area (Å²) in [5, 5.41) is 21.5. The van der Waals surface area contributed by atoms with E-state index in [-0.39, 0.29) is 16.9 Å².